The van der Waals surface area contributed by atoms with Crippen LogP contribution in [0.4, 0.5) is 40.1 Å². The number of anilines is 7. The molecule has 12 rings (SSSR count). The molecule has 0 radical (unpaired) electrons. The highest BCUT2D eigenvalue weighted by atomic mass is 35.5. The van der Waals surface area contributed by atoms with Crippen LogP contribution in [0.25, 0.3) is 44.6 Å². The quantitative estimate of drug-likeness (QED) is 0.0565. The second-order valence-electron chi connectivity index (χ2n) is 24.6. The molecule has 4 aromatic carbocycles. The molecule has 0 atom stereocenters. The summed E-state index contributed by atoms with van der Waals surface area (Å²) in [5.74, 6) is 2.63. The molecular formula is C71H76ClN17. The van der Waals surface area contributed by atoms with Crippen LogP contribution in [0, 0.1) is 36.5 Å². The fourth-order valence-corrected chi connectivity index (χ4v) is 11.7. The molecule has 6 N–H and O–H groups in total. The zero-order valence-corrected chi connectivity index (χ0v) is 52.6. The van der Waals surface area contributed by atoms with Crippen LogP contribution in [0.5, 0.6) is 0 Å². The lowest BCUT2D eigenvalue weighted by Gasteiger charge is -2.38. The molecule has 2 saturated heterocycles. The van der Waals surface area contributed by atoms with E-state index in [-0.39, 0.29) is 11.1 Å². The number of hydrogen-bond donors (Lipinski definition) is 5. The first kappa shape index (κ1) is 62.4. The van der Waals surface area contributed by atoms with E-state index >= 15 is 0 Å². The van der Waals surface area contributed by atoms with E-state index in [2.05, 4.69) is 140 Å². The monoisotopic (exact) mass is 1200 g/mol. The van der Waals surface area contributed by atoms with E-state index in [1.165, 1.54) is 5.56 Å². The standard InChI is InChI=1S/C36H38N8.C19H23ClN4.C16H15N5/c1-24-20-28(12-11-25(24)21-29-13-17-39-34(40-29)26-8-7-16-38-23-26)41-35-31(22-37)33(30-9-5-6-10-32(30)42-35)44-18-14-27(15-19-44)43-36(2,3)4;1-19(2,3)23-13-8-10-24(11-9-13)17-14-6-4-5-7-16(14)22-18(20)15(17)12-21;1-11-9-13(17)4-5-14(11)20-15-6-8-19-16(21-15)12-3-2-7-18-10-12/h5-13,16-17,20,23,27,43H,14-15,18-19,21H2,1-4H3,(H,41,42);4-7,13,23H,8-11H2,1-3H3;2-10H,17H2,1H3,(H,19,20,21). The van der Waals surface area contributed by atoms with Gasteiger partial charge in [-0.25, -0.2) is 29.9 Å². The third kappa shape index (κ3) is 16.1. The first-order valence-electron chi connectivity index (χ1n) is 30.2. The average Bonchev–Trinajstić information content (AvgIpc) is 2.38. The van der Waals surface area contributed by atoms with Gasteiger partial charge in [-0.2, -0.15) is 10.5 Å². The number of hydrogen-bond acceptors (Lipinski definition) is 17. The van der Waals surface area contributed by atoms with E-state index in [1.54, 1.807) is 37.2 Å². The van der Waals surface area contributed by atoms with Crippen LogP contribution in [0.1, 0.15) is 101 Å². The van der Waals surface area contributed by atoms with E-state index < -0.39 is 0 Å². The van der Waals surface area contributed by atoms with Crippen molar-refractivity contribution in [1.82, 2.24) is 50.5 Å². The predicted octanol–water partition coefficient (Wildman–Crippen LogP) is 14.2. The topological polar surface area (TPSA) is 231 Å². The van der Waals surface area contributed by atoms with Crippen molar-refractivity contribution in [2.45, 2.75) is 111 Å². The van der Waals surface area contributed by atoms with Crippen molar-refractivity contribution in [1.29, 1.82) is 10.5 Å². The van der Waals surface area contributed by atoms with Gasteiger partial charge in [-0.15, -0.1) is 0 Å². The lowest BCUT2D eigenvalue weighted by Crippen LogP contribution is -2.49. The average molecular weight is 1200 g/mol. The van der Waals surface area contributed by atoms with E-state index in [0.717, 1.165) is 136 Å². The number of aryl methyl sites for hydroxylation is 2. The minimum atomic E-state index is 0.0798. The minimum Gasteiger partial charge on any atom is -0.399 e. The number of piperidine rings is 2. The maximum absolute atomic E-state index is 10.5. The van der Waals surface area contributed by atoms with Crippen molar-refractivity contribution >= 4 is 73.5 Å². The van der Waals surface area contributed by atoms with Gasteiger partial charge in [0.15, 0.2) is 17.5 Å². The van der Waals surface area contributed by atoms with E-state index in [0.29, 0.717) is 52.3 Å². The molecule has 8 heterocycles. The second-order valence-corrected chi connectivity index (χ2v) is 25.0. The van der Waals surface area contributed by atoms with Gasteiger partial charge in [0.05, 0.1) is 22.4 Å². The van der Waals surface area contributed by atoms with Crippen LogP contribution in [0.3, 0.4) is 0 Å². The first-order chi connectivity index (χ1) is 42.9. The van der Waals surface area contributed by atoms with Crippen molar-refractivity contribution in [2.75, 3.05) is 52.3 Å². The fraction of sp³-hybridized carbons (Fsp3) is 0.296. The van der Waals surface area contributed by atoms with Crippen LogP contribution >= 0.6 is 11.6 Å². The third-order valence-corrected chi connectivity index (χ3v) is 15.8. The summed E-state index contributed by atoms with van der Waals surface area (Å²) in [6, 6.07) is 45.2. The van der Waals surface area contributed by atoms with E-state index in [4.69, 9.17) is 27.3 Å². The van der Waals surface area contributed by atoms with E-state index in [9.17, 15) is 10.5 Å². The number of rotatable bonds is 12. The Kier molecular flexibility index (Phi) is 19.6. The molecular weight excluding hydrogens is 1130 g/mol. The van der Waals surface area contributed by atoms with Crippen LogP contribution in [-0.2, 0) is 6.42 Å². The molecule has 0 spiro atoms. The maximum atomic E-state index is 10.5. The molecule has 6 aromatic heterocycles. The molecule has 0 bridgehead atoms. The summed E-state index contributed by atoms with van der Waals surface area (Å²) in [5.41, 5.74) is 19.3. The molecule has 0 amide bonds. The van der Waals surface area contributed by atoms with Gasteiger partial charge in [0.2, 0.25) is 0 Å². The SMILES string of the molecule is CC(C)(C)NC1CCN(c2c(C#N)c(Cl)nc3ccccc23)CC1.Cc1cc(N)ccc1Nc1ccnc(-c2cccnc2)n1.Cc1cc(Nc2nc3ccccc3c(N3CCC(NC(C)(C)C)CC3)c2C#N)ccc1Cc1ccnc(-c2cccnc2)n1. The fourth-order valence-electron chi connectivity index (χ4n) is 11.5. The Labute approximate surface area is 526 Å². The minimum absolute atomic E-state index is 0.0798. The van der Waals surface area contributed by atoms with Crippen LogP contribution in [0.2, 0.25) is 5.15 Å². The number of nitrogens with one attached hydrogen (secondary N) is 4. The van der Waals surface area contributed by atoms with Crippen LogP contribution in [-0.4, -0.2) is 89.2 Å². The Hall–Kier alpha value is -9.65. The second kappa shape index (κ2) is 28.0. The number of nitriles is 2. The summed E-state index contributed by atoms with van der Waals surface area (Å²) < 4.78 is 0. The van der Waals surface area contributed by atoms with Crippen molar-refractivity contribution < 1.29 is 0 Å². The zero-order chi connectivity index (χ0) is 62.7. The Morgan fingerprint density at radius 1 is 0.573 bits per heavy atom. The lowest BCUT2D eigenvalue weighted by atomic mass is 9.98. The molecule has 89 heavy (non-hydrogen) atoms. The maximum Gasteiger partial charge on any atom is 0.163 e. The van der Waals surface area contributed by atoms with Gasteiger partial charge in [0.25, 0.3) is 0 Å². The number of benzene rings is 4. The molecule has 17 nitrogen and oxygen atoms in total. The molecule has 10 aromatic rings. The van der Waals surface area contributed by atoms with Gasteiger partial charge in [-0.1, -0.05) is 54.1 Å². The van der Waals surface area contributed by atoms with Crippen LogP contribution in [0.15, 0.2) is 159 Å². The molecule has 452 valence electrons. The van der Waals surface area contributed by atoms with E-state index in [1.807, 2.05) is 110 Å². The van der Waals surface area contributed by atoms with Gasteiger partial charge in [-0.05, 0) is 177 Å². The van der Waals surface area contributed by atoms with Gasteiger partial charge >= 0.3 is 0 Å². The summed E-state index contributed by atoms with van der Waals surface area (Å²) >= 11 is 6.27. The Morgan fingerprint density at radius 3 is 1.66 bits per heavy atom. The largest absolute Gasteiger partial charge is 0.399 e. The number of fused-ring (bicyclic) bond motifs is 2. The van der Waals surface area contributed by atoms with Crippen molar-refractivity contribution in [3.8, 4) is 34.9 Å². The van der Waals surface area contributed by atoms with Gasteiger partial charge in [-0.3, -0.25) is 9.97 Å². The Morgan fingerprint density at radius 2 is 1.12 bits per heavy atom. The van der Waals surface area contributed by atoms with Crippen molar-refractivity contribution in [3.05, 3.63) is 197 Å². The molecule has 0 unspecified atom stereocenters. The molecule has 18 heteroatoms. The number of nitrogens with two attached hydrogens (primary N) is 1. The number of halogens is 1. The third-order valence-electron chi connectivity index (χ3n) is 15.5. The molecule has 2 fully saturated rings. The first-order valence-corrected chi connectivity index (χ1v) is 30.6. The summed E-state index contributed by atoms with van der Waals surface area (Å²) in [7, 11) is 0. The van der Waals surface area contributed by atoms with Crippen molar-refractivity contribution in [2.24, 2.45) is 0 Å². The summed E-state index contributed by atoms with van der Waals surface area (Å²) in [6.45, 7) is 20.9. The molecule has 2 aliphatic rings. The number of pyridine rings is 4. The van der Waals surface area contributed by atoms with Gasteiger partial charge in [0, 0.05) is 138 Å². The van der Waals surface area contributed by atoms with Crippen LogP contribution < -0.4 is 36.8 Å². The Balaban J connectivity index is 0.000000163. The highest BCUT2D eigenvalue weighted by molar-refractivity contribution is 6.31. The molecule has 2 aliphatic heterocycles. The number of para-hydroxylation sites is 2. The number of nitrogen functional groups attached to an aromatic ring is 1. The highest BCUT2D eigenvalue weighted by Crippen LogP contribution is 2.38. The van der Waals surface area contributed by atoms with Crippen molar-refractivity contribution in [3.63, 3.8) is 0 Å². The molecule has 0 aliphatic carbocycles. The normalized spacial score (nSPS) is 13.8. The predicted molar refractivity (Wildman–Crippen MR) is 361 cm³/mol. The summed E-state index contributed by atoms with van der Waals surface area (Å²) in [5, 5.41) is 36.5. The summed E-state index contributed by atoms with van der Waals surface area (Å²) in [6.07, 6.45) is 15.4. The Bertz CT molecular complexity index is 4160. The smallest absolute Gasteiger partial charge is 0.163 e. The number of aromatic nitrogens is 8. The van der Waals surface area contributed by atoms with Gasteiger partial charge in [0.1, 0.15) is 34.2 Å². The zero-order valence-electron chi connectivity index (χ0n) is 51.9. The highest BCUT2D eigenvalue weighted by Gasteiger charge is 2.29. The van der Waals surface area contributed by atoms with Gasteiger partial charge < -0.3 is 36.8 Å². The lowest BCUT2D eigenvalue weighted by molar-refractivity contribution is 0.317. The number of nitrogens with zero attached hydrogens (tertiary/aromatic N) is 12. The molecule has 0 saturated carbocycles. The summed E-state index contributed by atoms with van der Waals surface area (Å²) in [4.78, 5) is 40.2.